The molecule has 0 aliphatic carbocycles. The summed E-state index contributed by atoms with van der Waals surface area (Å²) in [6.45, 7) is 2.54. The monoisotopic (exact) mass is 288 g/mol. The van der Waals surface area contributed by atoms with Gasteiger partial charge >= 0.3 is 0 Å². The van der Waals surface area contributed by atoms with Crippen molar-refractivity contribution in [2.24, 2.45) is 0 Å². The Morgan fingerprint density at radius 1 is 1.20 bits per heavy atom. The molecule has 3 rings (SSSR count). The second-order valence-corrected chi connectivity index (χ2v) is 5.35. The Labute approximate surface area is 123 Å². The number of rotatable bonds is 2. The van der Waals surface area contributed by atoms with E-state index in [9.17, 15) is 0 Å². The van der Waals surface area contributed by atoms with Crippen LogP contribution in [0.1, 0.15) is 12.0 Å². The van der Waals surface area contributed by atoms with Crippen LogP contribution in [0.3, 0.4) is 0 Å². The number of hydrogen-bond donors (Lipinski definition) is 1. The van der Waals surface area contributed by atoms with Crippen LogP contribution >= 0.6 is 11.6 Å². The third-order valence-corrected chi connectivity index (χ3v) is 3.81. The number of nitrogens with two attached hydrogens (primary N) is 1. The first kappa shape index (κ1) is 13.1. The molecule has 0 amide bonds. The van der Waals surface area contributed by atoms with Crippen LogP contribution in [0.5, 0.6) is 5.75 Å². The predicted octanol–water partition coefficient (Wildman–Crippen LogP) is 3.71. The minimum atomic E-state index is 0.605. The first-order chi connectivity index (χ1) is 9.74. The van der Waals surface area contributed by atoms with Crippen LogP contribution in [0.25, 0.3) is 0 Å². The minimum Gasteiger partial charge on any atom is -0.491 e. The van der Waals surface area contributed by atoms with Crippen molar-refractivity contribution in [2.75, 3.05) is 23.8 Å². The van der Waals surface area contributed by atoms with E-state index in [-0.39, 0.29) is 0 Å². The molecule has 0 spiro atoms. The maximum absolute atomic E-state index is 5.97. The molecule has 2 aromatic rings. The lowest BCUT2D eigenvalue weighted by atomic mass is 10.1. The number of para-hydroxylation sites is 2. The van der Waals surface area contributed by atoms with Gasteiger partial charge in [0.1, 0.15) is 5.75 Å². The molecule has 0 saturated heterocycles. The number of nitrogens with zero attached hydrogens (tertiary/aromatic N) is 1. The zero-order valence-corrected chi connectivity index (χ0v) is 11.9. The van der Waals surface area contributed by atoms with E-state index in [0.717, 1.165) is 43.1 Å². The van der Waals surface area contributed by atoms with Gasteiger partial charge in [0.15, 0.2) is 0 Å². The average molecular weight is 289 g/mol. The van der Waals surface area contributed by atoms with Gasteiger partial charge in [-0.25, -0.2) is 0 Å². The fourth-order valence-electron chi connectivity index (χ4n) is 2.47. The van der Waals surface area contributed by atoms with Crippen LogP contribution in [0, 0.1) is 0 Å². The standard InChI is InChI=1S/C16H17ClN2O/c17-13-7-6-12(10-14(13)18)11-19-8-3-9-20-16-5-2-1-4-15(16)19/h1-2,4-7,10H,3,8-9,11,18H2. The molecule has 2 N–H and O–H groups in total. The Kier molecular flexibility index (Phi) is 3.70. The Bertz CT molecular complexity index is 615. The summed E-state index contributed by atoms with van der Waals surface area (Å²) in [6.07, 6.45) is 1.01. The second-order valence-electron chi connectivity index (χ2n) is 4.95. The molecule has 104 valence electrons. The smallest absolute Gasteiger partial charge is 0.142 e. The number of nitrogen functional groups attached to an aromatic ring is 1. The van der Waals surface area contributed by atoms with Crippen molar-refractivity contribution in [3.8, 4) is 5.75 Å². The van der Waals surface area contributed by atoms with Crippen molar-refractivity contribution < 1.29 is 4.74 Å². The van der Waals surface area contributed by atoms with Gasteiger partial charge in [-0.05, 0) is 36.2 Å². The quantitative estimate of drug-likeness (QED) is 0.856. The molecule has 20 heavy (non-hydrogen) atoms. The van der Waals surface area contributed by atoms with Crippen LogP contribution < -0.4 is 15.4 Å². The van der Waals surface area contributed by atoms with Crippen LogP contribution in [0.15, 0.2) is 42.5 Å². The lowest BCUT2D eigenvalue weighted by molar-refractivity contribution is 0.322. The number of hydrogen-bond acceptors (Lipinski definition) is 3. The summed E-state index contributed by atoms with van der Waals surface area (Å²) in [6, 6.07) is 14.0. The molecule has 1 heterocycles. The normalized spacial score (nSPS) is 14.3. The van der Waals surface area contributed by atoms with E-state index < -0.39 is 0 Å². The first-order valence-electron chi connectivity index (χ1n) is 6.75. The summed E-state index contributed by atoms with van der Waals surface area (Å²) >= 11 is 5.97. The maximum atomic E-state index is 5.97. The molecule has 0 aromatic heterocycles. The Hall–Kier alpha value is -1.87. The van der Waals surface area contributed by atoms with Gasteiger partial charge in [0.25, 0.3) is 0 Å². The van der Waals surface area contributed by atoms with E-state index in [1.165, 1.54) is 0 Å². The van der Waals surface area contributed by atoms with Crippen LogP contribution in [-0.2, 0) is 6.54 Å². The third kappa shape index (κ3) is 2.68. The Morgan fingerprint density at radius 2 is 2.05 bits per heavy atom. The molecule has 0 radical (unpaired) electrons. The van der Waals surface area contributed by atoms with Crippen molar-refractivity contribution in [3.63, 3.8) is 0 Å². The summed E-state index contributed by atoms with van der Waals surface area (Å²) in [5.41, 5.74) is 8.80. The number of anilines is 2. The zero-order chi connectivity index (χ0) is 13.9. The third-order valence-electron chi connectivity index (χ3n) is 3.47. The summed E-state index contributed by atoms with van der Waals surface area (Å²) in [7, 11) is 0. The molecule has 4 heteroatoms. The number of ether oxygens (including phenoxy) is 1. The molecular weight excluding hydrogens is 272 g/mol. The van der Waals surface area contributed by atoms with Gasteiger partial charge in [0, 0.05) is 13.1 Å². The van der Waals surface area contributed by atoms with E-state index >= 15 is 0 Å². The van der Waals surface area contributed by atoms with Crippen LogP contribution in [0.2, 0.25) is 5.02 Å². The zero-order valence-electron chi connectivity index (χ0n) is 11.2. The van der Waals surface area contributed by atoms with Crippen molar-refractivity contribution in [1.82, 2.24) is 0 Å². The Balaban J connectivity index is 1.88. The second kappa shape index (κ2) is 5.63. The molecule has 1 aliphatic rings. The summed E-state index contributed by atoms with van der Waals surface area (Å²) in [4.78, 5) is 2.32. The van der Waals surface area contributed by atoms with Crippen molar-refractivity contribution in [1.29, 1.82) is 0 Å². The van der Waals surface area contributed by atoms with Crippen molar-refractivity contribution >= 4 is 23.0 Å². The predicted molar refractivity (Wildman–Crippen MR) is 83.5 cm³/mol. The fraction of sp³-hybridized carbons (Fsp3) is 0.250. The fourth-order valence-corrected chi connectivity index (χ4v) is 2.59. The van der Waals surface area contributed by atoms with Gasteiger partial charge in [-0.2, -0.15) is 0 Å². The van der Waals surface area contributed by atoms with Crippen molar-refractivity contribution in [3.05, 3.63) is 53.1 Å². The molecule has 0 atom stereocenters. The summed E-state index contributed by atoms with van der Waals surface area (Å²) < 4.78 is 5.77. The Morgan fingerprint density at radius 3 is 2.90 bits per heavy atom. The number of fused-ring (bicyclic) bond motifs is 1. The van der Waals surface area contributed by atoms with Gasteiger partial charge in [0.2, 0.25) is 0 Å². The van der Waals surface area contributed by atoms with E-state index in [4.69, 9.17) is 22.1 Å². The molecular formula is C16H17ClN2O. The number of benzene rings is 2. The van der Waals surface area contributed by atoms with Gasteiger partial charge in [0.05, 0.1) is 23.0 Å². The highest BCUT2D eigenvalue weighted by Crippen LogP contribution is 2.32. The highest BCUT2D eigenvalue weighted by atomic mass is 35.5. The molecule has 0 saturated carbocycles. The van der Waals surface area contributed by atoms with E-state index in [1.807, 2.05) is 36.4 Å². The average Bonchev–Trinajstić information content (AvgIpc) is 2.66. The van der Waals surface area contributed by atoms with E-state index in [2.05, 4.69) is 11.0 Å². The minimum absolute atomic E-state index is 0.605. The van der Waals surface area contributed by atoms with E-state index in [1.54, 1.807) is 0 Å². The molecule has 0 unspecified atom stereocenters. The summed E-state index contributed by atoms with van der Waals surface area (Å²) in [5, 5.41) is 0.605. The highest BCUT2D eigenvalue weighted by molar-refractivity contribution is 6.33. The van der Waals surface area contributed by atoms with Gasteiger partial charge in [-0.1, -0.05) is 29.8 Å². The topological polar surface area (TPSA) is 38.5 Å². The molecule has 0 fully saturated rings. The van der Waals surface area contributed by atoms with Gasteiger partial charge in [-0.15, -0.1) is 0 Å². The maximum Gasteiger partial charge on any atom is 0.142 e. The lowest BCUT2D eigenvalue weighted by Crippen LogP contribution is -2.23. The molecule has 1 aliphatic heterocycles. The van der Waals surface area contributed by atoms with Crippen LogP contribution in [-0.4, -0.2) is 13.2 Å². The highest BCUT2D eigenvalue weighted by Gasteiger charge is 2.16. The largest absolute Gasteiger partial charge is 0.491 e. The molecule has 0 bridgehead atoms. The summed E-state index contributed by atoms with van der Waals surface area (Å²) in [5.74, 6) is 0.951. The first-order valence-corrected chi connectivity index (χ1v) is 7.12. The van der Waals surface area contributed by atoms with Crippen molar-refractivity contribution in [2.45, 2.75) is 13.0 Å². The van der Waals surface area contributed by atoms with Gasteiger partial charge < -0.3 is 15.4 Å². The van der Waals surface area contributed by atoms with Crippen LogP contribution in [0.4, 0.5) is 11.4 Å². The SMILES string of the molecule is Nc1cc(CN2CCCOc3ccccc32)ccc1Cl. The van der Waals surface area contributed by atoms with E-state index in [0.29, 0.717) is 10.7 Å². The molecule has 2 aromatic carbocycles. The van der Waals surface area contributed by atoms with Gasteiger partial charge in [-0.3, -0.25) is 0 Å². The molecule has 3 nitrogen and oxygen atoms in total. The number of halogens is 1. The lowest BCUT2D eigenvalue weighted by Gasteiger charge is -2.24.